The van der Waals surface area contributed by atoms with Crippen LogP contribution in [0.5, 0.6) is 0 Å². The molecular formula is C16H15FN4O4. The van der Waals surface area contributed by atoms with Gasteiger partial charge in [0.1, 0.15) is 19.0 Å². The second-order valence-corrected chi connectivity index (χ2v) is 5.54. The van der Waals surface area contributed by atoms with Crippen molar-refractivity contribution < 1.29 is 13.9 Å². The van der Waals surface area contributed by atoms with Crippen molar-refractivity contribution in [3.8, 4) is 0 Å². The highest BCUT2D eigenvalue weighted by Gasteiger charge is 2.16. The van der Waals surface area contributed by atoms with Gasteiger partial charge < -0.3 is 9.30 Å². The molecule has 0 bridgehead atoms. The molecule has 8 nitrogen and oxygen atoms in total. The van der Waals surface area contributed by atoms with Crippen molar-refractivity contribution >= 4 is 17.1 Å². The Hall–Kier alpha value is -3.23. The largest absolute Gasteiger partial charge is 0.459 e. The lowest BCUT2D eigenvalue weighted by Crippen LogP contribution is -2.37. The average molecular weight is 346 g/mol. The number of halogens is 1. The first kappa shape index (κ1) is 16.6. The maximum absolute atomic E-state index is 12.8. The number of benzene rings is 1. The molecule has 0 atom stereocenters. The number of fused-ring (bicyclic) bond motifs is 1. The highest BCUT2D eigenvalue weighted by atomic mass is 19.1. The van der Waals surface area contributed by atoms with Crippen LogP contribution in [0, 0.1) is 5.82 Å². The van der Waals surface area contributed by atoms with E-state index in [1.165, 1.54) is 53.8 Å². The molecule has 3 rings (SSSR count). The average Bonchev–Trinajstić information content (AvgIpc) is 3.01. The summed E-state index contributed by atoms with van der Waals surface area (Å²) in [7, 11) is 2.85. The van der Waals surface area contributed by atoms with Crippen LogP contribution in [-0.2, 0) is 36.8 Å². The van der Waals surface area contributed by atoms with Gasteiger partial charge in [0.2, 0.25) is 0 Å². The summed E-state index contributed by atoms with van der Waals surface area (Å²) < 4.78 is 21.5. The van der Waals surface area contributed by atoms with E-state index >= 15 is 0 Å². The first-order valence-corrected chi connectivity index (χ1v) is 7.39. The zero-order valence-corrected chi connectivity index (χ0v) is 13.6. The molecule has 0 aliphatic carbocycles. The van der Waals surface area contributed by atoms with E-state index in [1.54, 1.807) is 0 Å². The van der Waals surface area contributed by atoms with E-state index in [4.69, 9.17) is 4.74 Å². The minimum absolute atomic E-state index is 0.0117. The molecule has 0 aliphatic heterocycles. The number of imidazole rings is 1. The molecule has 0 unspecified atom stereocenters. The molecule has 0 fully saturated rings. The van der Waals surface area contributed by atoms with Gasteiger partial charge in [-0.25, -0.2) is 14.2 Å². The summed E-state index contributed by atoms with van der Waals surface area (Å²) in [5.74, 6) is -0.957. The summed E-state index contributed by atoms with van der Waals surface area (Å²) >= 11 is 0. The van der Waals surface area contributed by atoms with Gasteiger partial charge in [0.05, 0.1) is 6.33 Å². The second-order valence-electron chi connectivity index (χ2n) is 5.54. The molecule has 0 aliphatic rings. The Morgan fingerprint density at radius 3 is 2.52 bits per heavy atom. The molecule has 130 valence electrons. The molecule has 0 N–H and O–H groups in total. The third-order valence-electron chi connectivity index (χ3n) is 3.83. The number of hydrogen-bond acceptors (Lipinski definition) is 5. The van der Waals surface area contributed by atoms with Crippen LogP contribution in [0.25, 0.3) is 11.2 Å². The van der Waals surface area contributed by atoms with Crippen LogP contribution in [0.15, 0.2) is 40.2 Å². The third kappa shape index (κ3) is 3.08. The molecule has 1 aromatic carbocycles. The number of aromatic nitrogens is 4. The van der Waals surface area contributed by atoms with Gasteiger partial charge in [-0.15, -0.1) is 0 Å². The van der Waals surface area contributed by atoms with Gasteiger partial charge in [0.25, 0.3) is 5.56 Å². The standard InChI is InChI=1S/C16H15FN4O4/c1-19-14-13(15(23)20(2)16(19)24)21(9-18-14)7-12(22)25-8-10-3-5-11(17)6-4-10/h3-6,9H,7-8H2,1-2H3. The molecule has 25 heavy (non-hydrogen) atoms. The Morgan fingerprint density at radius 2 is 1.84 bits per heavy atom. The van der Waals surface area contributed by atoms with Gasteiger partial charge in [-0.3, -0.25) is 18.7 Å². The highest BCUT2D eigenvalue weighted by molar-refractivity contribution is 5.75. The predicted octanol–water partition coefficient (Wildman–Crippen LogP) is 0.316. The summed E-state index contributed by atoms with van der Waals surface area (Å²) in [6.45, 7) is -0.243. The summed E-state index contributed by atoms with van der Waals surface area (Å²) in [5, 5.41) is 0. The number of carbonyl (C=O) groups is 1. The van der Waals surface area contributed by atoms with E-state index in [9.17, 15) is 18.8 Å². The predicted molar refractivity (Wildman–Crippen MR) is 86.4 cm³/mol. The molecular weight excluding hydrogens is 331 g/mol. The van der Waals surface area contributed by atoms with Crippen LogP contribution in [0.3, 0.4) is 0 Å². The number of hydrogen-bond donors (Lipinski definition) is 0. The maximum atomic E-state index is 12.8. The van der Waals surface area contributed by atoms with Crippen LogP contribution >= 0.6 is 0 Å². The second kappa shape index (κ2) is 6.34. The van der Waals surface area contributed by atoms with Crippen molar-refractivity contribution in [2.45, 2.75) is 13.2 Å². The van der Waals surface area contributed by atoms with Crippen molar-refractivity contribution in [3.63, 3.8) is 0 Å². The van der Waals surface area contributed by atoms with E-state index in [2.05, 4.69) is 4.98 Å². The Kier molecular flexibility index (Phi) is 4.22. The third-order valence-corrected chi connectivity index (χ3v) is 3.83. The lowest BCUT2D eigenvalue weighted by atomic mass is 10.2. The molecule has 0 saturated heterocycles. The van der Waals surface area contributed by atoms with Gasteiger partial charge in [0, 0.05) is 14.1 Å². The first-order valence-electron chi connectivity index (χ1n) is 7.39. The topological polar surface area (TPSA) is 88.1 Å². The summed E-state index contributed by atoms with van der Waals surface area (Å²) in [6, 6.07) is 5.58. The van der Waals surface area contributed by atoms with Crippen molar-refractivity contribution in [3.05, 3.63) is 62.8 Å². The molecule has 3 aromatic rings. The monoisotopic (exact) mass is 346 g/mol. The Bertz CT molecular complexity index is 1060. The minimum Gasteiger partial charge on any atom is -0.459 e. The van der Waals surface area contributed by atoms with E-state index in [0.29, 0.717) is 5.56 Å². The molecule has 0 radical (unpaired) electrons. The number of ether oxygens (including phenoxy) is 1. The Labute approximate surface area is 140 Å². The highest BCUT2D eigenvalue weighted by Crippen LogP contribution is 2.07. The van der Waals surface area contributed by atoms with Gasteiger partial charge in [-0.1, -0.05) is 12.1 Å². The van der Waals surface area contributed by atoms with Crippen LogP contribution in [0.4, 0.5) is 4.39 Å². The number of nitrogens with zero attached hydrogens (tertiary/aromatic N) is 4. The van der Waals surface area contributed by atoms with Crippen LogP contribution in [0.1, 0.15) is 5.56 Å². The number of carbonyl (C=O) groups excluding carboxylic acids is 1. The van der Waals surface area contributed by atoms with Crippen molar-refractivity contribution in [1.29, 1.82) is 0 Å². The summed E-state index contributed by atoms with van der Waals surface area (Å²) in [4.78, 5) is 40.2. The van der Waals surface area contributed by atoms with Crippen molar-refractivity contribution in [2.24, 2.45) is 14.1 Å². The van der Waals surface area contributed by atoms with E-state index in [-0.39, 0.29) is 30.1 Å². The smallest absolute Gasteiger partial charge is 0.332 e. The SMILES string of the molecule is Cn1c(=O)c2c(ncn2CC(=O)OCc2ccc(F)cc2)n(C)c1=O. The fourth-order valence-electron chi connectivity index (χ4n) is 2.45. The molecule has 0 saturated carbocycles. The van der Waals surface area contributed by atoms with Gasteiger partial charge in [0.15, 0.2) is 11.2 Å². The normalized spacial score (nSPS) is 11.0. The number of rotatable bonds is 4. The zero-order chi connectivity index (χ0) is 18.1. The number of aryl methyl sites for hydroxylation is 1. The fraction of sp³-hybridized carbons (Fsp3) is 0.250. The quantitative estimate of drug-likeness (QED) is 0.635. The molecule has 9 heteroatoms. The Morgan fingerprint density at radius 1 is 1.16 bits per heavy atom. The van der Waals surface area contributed by atoms with E-state index < -0.39 is 17.2 Å². The summed E-state index contributed by atoms with van der Waals surface area (Å²) in [6.07, 6.45) is 1.31. The van der Waals surface area contributed by atoms with Crippen molar-refractivity contribution in [2.75, 3.05) is 0 Å². The zero-order valence-electron chi connectivity index (χ0n) is 13.6. The lowest BCUT2D eigenvalue weighted by Gasteiger charge is -2.07. The van der Waals surface area contributed by atoms with E-state index in [1.807, 2.05) is 0 Å². The van der Waals surface area contributed by atoms with Gasteiger partial charge >= 0.3 is 11.7 Å². The maximum Gasteiger partial charge on any atom is 0.332 e. The first-order chi connectivity index (χ1) is 11.9. The molecule has 2 heterocycles. The fourth-order valence-corrected chi connectivity index (χ4v) is 2.45. The summed E-state index contributed by atoms with van der Waals surface area (Å²) in [5.41, 5.74) is -0.0603. The van der Waals surface area contributed by atoms with Crippen LogP contribution < -0.4 is 11.2 Å². The van der Waals surface area contributed by atoms with Gasteiger partial charge in [-0.2, -0.15) is 0 Å². The minimum atomic E-state index is -0.584. The molecule has 2 aromatic heterocycles. The van der Waals surface area contributed by atoms with Crippen LogP contribution in [-0.4, -0.2) is 24.7 Å². The molecule has 0 amide bonds. The number of esters is 1. The Balaban J connectivity index is 1.81. The van der Waals surface area contributed by atoms with Gasteiger partial charge in [-0.05, 0) is 17.7 Å². The van der Waals surface area contributed by atoms with Crippen LogP contribution in [0.2, 0.25) is 0 Å². The lowest BCUT2D eigenvalue weighted by molar-refractivity contribution is -0.145. The van der Waals surface area contributed by atoms with E-state index in [0.717, 1.165) is 4.57 Å². The van der Waals surface area contributed by atoms with Crippen molar-refractivity contribution in [1.82, 2.24) is 18.7 Å². The molecule has 0 spiro atoms.